The lowest BCUT2D eigenvalue weighted by Gasteiger charge is -2.25. The van der Waals surface area contributed by atoms with Crippen molar-refractivity contribution in [3.05, 3.63) is 29.3 Å². The molecule has 1 heterocycles. The van der Waals surface area contributed by atoms with Crippen LogP contribution in [-0.4, -0.2) is 45.2 Å². The minimum Gasteiger partial charge on any atom is -0.383 e. The van der Waals surface area contributed by atoms with Gasteiger partial charge in [-0.1, -0.05) is 26.0 Å². The van der Waals surface area contributed by atoms with Gasteiger partial charge in [0.2, 0.25) is 0 Å². The first-order chi connectivity index (χ1) is 10.6. The zero-order chi connectivity index (χ0) is 16.1. The first kappa shape index (κ1) is 16.9. The van der Waals surface area contributed by atoms with E-state index in [0.717, 1.165) is 23.1 Å². The number of thiazole rings is 1. The lowest BCUT2D eigenvalue weighted by atomic mass is 10.1. The Bertz CT molecular complexity index is 590. The average molecular weight is 322 g/mol. The Morgan fingerprint density at radius 1 is 1.23 bits per heavy atom. The number of aliphatic hydroxyl groups excluding tert-OH is 2. The largest absolute Gasteiger partial charge is 0.383 e. The van der Waals surface area contributed by atoms with E-state index in [4.69, 9.17) is 0 Å². The zero-order valence-corrected chi connectivity index (χ0v) is 13.7. The van der Waals surface area contributed by atoms with Gasteiger partial charge in [0.05, 0.1) is 10.2 Å². The molecule has 0 radical (unpaired) electrons. The van der Waals surface area contributed by atoms with E-state index < -0.39 is 18.1 Å². The van der Waals surface area contributed by atoms with Gasteiger partial charge in [-0.3, -0.25) is 4.79 Å². The number of hydrogen-bond donors (Lipinski definition) is 2. The Morgan fingerprint density at radius 2 is 1.86 bits per heavy atom. The highest BCUT2D eigenvalue weighted by atomic mass is 32.1. The normalized spacial score (nSPS) is 14.0. The van der Waals surface area contributed by atoms with E-state index >= 15 is 0 Å². The van der Waals surface area contributed by atoms with Gasteiger partial charge in [0.1, 0.15) is 11.1 Å². The third-order valence-corrected chi connectivity index (χ3v) is 4.52. The van der Waals surface area contributed by atoms with Gasteiger partial charge in [-0.15, -0.1) is 11.3 Å². The van der Waals surface area contributed by atoms with Crippen molar-refractivity contribution in [2.24, 2.45) is 0 Å². The second-order valence-electron chi connectivity index (χ2n) is 5.23. The van der Waals surface area contributed by atoms with E-state index in [-0.39, 0.29) is 0 Å². The summed E-state index contributed by atoms with van der Waals surface area (Å²) < 4.78 is 0.926. The summed E-state index contributed by atoms with van der Waals surface area (Å²) in [5, 5.41) is 20.9. The van der Waals surface area contributed by atoms with E-state index in [1.165, 1.54) is 11.3 Å². The molecule has 0 spiro atoms. The van der Waals surface area contributed by atoms with Gasteiger partial charge in [-0.25, -0.2) is 4.98 Å². The van der Waals surface area contributed by atoms with Crippen molar-refractivity contribution in [3.63, 3.8) is 0 Å². The smallest absolute Gasteiger partial charge is 0.254 e. The molecule has 0 bridgehead atoms. The van der Waals surface area contributed by atoms with Crippen molar-refractivity contribution >= 4 is 27.5 Å². The first-order valence-corrected chi connectivity index (χ1v) is 8.40. The molecule has 0 aliphatic carbocycles. The molecule has 1 aromatic carbocycles. The van der Waals surface area contributed by atoms with E-state index in [1.54, 1.807) is 4.90 Å². The monoisotopic (exact) mass is 322 g/mol. The van der Waals surface area contributed by atoms with Crippen LogP contribution in [0.2, 0.25) is 0 Å². The number of aromatic nitrogens is 1. The van der Waals surface area contributed by atoms with Crippen LogP contribution in [0.5, 0.6) is 0 Å². The molecule has 1 aromatic heterocycles. The Morgan fingerprint density at radius 3 is 2.45 bits per heavy atom. The van der Waals surface area contributed by atoms with Gasteiger partial charge in [-0.2, -0.15) is 0 Å². The number of para-hydroxylation sites is 1. The van der Waals surface area contributed by atoms with Crippen LogP contribution in [0.3, 0.4) is 0 Å². The predicted molar refractivity (Wildman–Crippen MR) is 87.7 cm³/mol. The topological polar surface area (TPSA) is 73.7 Å². The number of benzene rings is 1. The lowest BCUT2D eigenvalue weighted by Crippen LogP contribution is -2.42. The van der Waals surface area contributed by atoms with Crippen molar-refractivity contribution in [3.8, 4) is 0 Å². The van der Waals surface area contributed by atoms with Crippen molar-refractivity contribution in [1.29, 1.82) is 0 Å². The number of aliphatic hydroxyl groups is 2. The van der Waals surface area contributed by atoms with Crippen LogP contribution in [0.15, 0.2) is 24.3 Å². The number of amides is 1. The molecule has 0 fully saturated rings. The van der Waals surface area contributed by atoms with Crippen LogP contribution in [0.4, 0.5) is 0 Å². The molecule has 2 N–H and O–H groups in total. The summed E-state index contributed by atoms with van der Waals surface area (Å²) >= 11 is 1.30. The SMILES string of the molecule is CCCN(CCC)C(=O)C(O)C(O)c1nc2ccccc2s1. The molecule has 0 aliphatic heterocycles. The number of nitrogens with zero attached hydrogens (tertiary/aromatic N) is 2. The van der Waals surface area contributed by atoms with Gasteiger partial charge in [0.15, 0.2) is 6.10 Å². The minimum atomic E-state index is -1.47. The second kappa shape index (κ2) is 7.67. The lowest BCUT2D eigenvalue weighted by molar-refractivity contribution is -0.146. The molecule has 120 valence electrons. The Kier molecular flexibility index (Phi) is 5.88. The summed E-state index contributed by atoms with van der Waals surface area (Å²) in [4.78, 5) is 18.2. The summed E-state index contributed by atoms with van der Waals surface area (Å²) in [7, 11) is 0. The quantitative estimate of drug-likeness (QED) is 0.820. The maximum Gasteiger partial charge on any atom is 0.254 e. The maximum atomic E-state index is 12.3. The van der Waals surface area contributed by atoms with Crippen molar-refractivity contribution in [2.75, 3.05) is 13.1 Å². The standard InChI is InChI=1S/C16H22N2O3S/c1-3-9-18(10-4-2)16(21)14(20)13(19)15-17-11-7-5-6-8-12(11)22-15/h5-8,13-14,19-20H,3-4,9-10H2,1-2H3. The molecule has 2 aromatic rings. The second-order valence-corrected chi connectivity index (χ2v) is 6.30. The number of rotatable bonds is 7. The van der Waals surface area contributed by atoms with Gasteiger partial charge in [0.25, 0.3) is 5.91 Å². The summed E-state index contributed by atoms with van der Waals surface area (Å²) in [6, 6.07) is 7.50. The number of carbonyl (C=O) groups is 1. The van der Waals surface area contributed by atoms with Crippen molar-refractivity contribution in [2.45, 2.75) is 38.9 Å². The third-order valence-electron chi connectivity index (χ3n) is 3.41. The van der Waals surface area contributed by atoms with E-state index in [1.807, 2.05) is 38.1 Å². The molecule has 1 amide bonds. The Balaban J connectivity index is 2.16. The highest BCUT2D eigenvalue weighted by Crippen LogP contribution is 2.28. The fourth-order valence-corrected chi connectivity index (χ4v) is 3.33. The molecule has 5 nitrogen and oxygen atoms in total. The fourth-order valence-electron chi connectivity index (χ4n) is 2.35. The molecule has 0 aliphatic rings. The molecule has 0 saturated heterocycles. The highest BCUT2D eigenvalue weighted by molar-refractivity contribution is 7.18. The highest BCUT2D eigenvalue weighted by Gasteiger charge is 2.31. The number of hydrogen-bond acceptors (Lipinski definition) is 5. The van der Waals surface area contributed by atoms with Gasteiger partial charge in [0, 0.05) is 13.1 Å². The first-order valence-electron chi connectivity index (χ1n) is 7.58. The number of carbonyl (C=O) groups excluding carboxylic acids is 1. The third kappa shape index (κ3) is 3.63. The van der Waals surface area contributed by atoms with E-state index in [9.17, 15) is 15.0 Å². The van der Waals surface area contributed by atoms with Crippen molar-refractivity contribution in [1.82, 2.24) is 9.88 Å². The molecule has 2 unspecified atom stereocenters. The van der Waals surface area contributed by atoms with Gasteiger partial charge in [-0.05, 0) is 25.0 Å². The average Bonchev–Trinajstić information content (AvgIpc) is 2.96. The summed E-state index contributed by atoms with van der Waals surface area (Å²) in [5.74, 6) is -0.435. The molecular formula is C16H22N2O3S. The predicted octanol–water partition coefficient (Wildman–Crippen LogP) is 2.34. The Hall–Kier alpha value is -1.50. The van der Waals surface area contributed by atoms with Crippen molar-refractivity contribution < 1.29 is 15.0 Å². The molecule has 6 heteroatoms. The maximum absolute atomic E-state index is 12.3. The van der Waals surface area contributed by atoms with E-state index in [0.29, 0.717) is 18.1 Å². The molecule has 22 heavy (non-hydrogen) atoms. The van der Waals surface area contributed by atoms with Crippen LogP contribution in [0.1, 0.15) is 37.8 Å². The zero-order valence-electron chi connectivity index (χ0n) is 12.9. The summed E-state index contributed by atoms with van der Waals surface area (Å²) in [5.41, 5.74) is 0.764. The van der Waals surface area contributed by atoms with E-state index in [2.05, 4.69) is 4.98 Å². The van der Waals surface area contributed by atoms with Crippen LogP contribution >= 0.6 is 11.3 Å². The van der Waals surface area contributed by atoms with Crippen LogP contribution in [-0.2, 0) is 4.79 Å². The van der Waals surface area contributed by atoms with Gasteiger partial charge < -0.3 is 15.1 Å². The van der Waals surface area contributed by atoms with Crippen LogP contribution in [0.25, 0.3) is 10.2 Å². The summed E-state index contributed by atoms with van der Waals surface area (Å²) in [6.07, 6.45) is -1.13. The van der Waals surface area contributed by atoms with Gasteiger partial charge >= 0.3 is 0 Å². The van der Waals surface area contributed by atoms with Crippen LogP contribution < -0.4 is 0 Å². The molecule has 2 atom stereocenters. The molecule has 0 saturated carbocycles. The van der Waals surface area contributed by atoms with Crippen LogP contribution in [0, 0.1) is 0 Å². The molecule has 2 rings (SSSR count). The number of fused-ring (bicyclic) bond motifs is 1. The fraction of sp³-hybridized carbons (Fsp3) is 0.500. The Labute approximate surface area is 134 Å². The molecular weight excluding hydrogens is 300 g/mol. The minimum absolute atomic E-state index is 0.370. The summed E-state index contributed by atoms with van der Waals surface area (Å²) in [6.45, 7) is 5.12.